The molecule has 2 N–H and O–H groups in total. The fourth-order valence-corrected chi connectivity index (χ4v) is 4.06. The molecular formula is C14H21N3O4S. The van der Waals surface area contributed by atoms with E-state index in [0.717, 1.165) is 12.6 Å². The number of nitro benzene ring substituents is 1. The molecule has 0 aliphatic carbocycles. The van der Waals surface area contributed by atoms with Gasteiger partial charge in [0.15, 0.2) is 0 Å². The highest BCUT2D eigenvalue weighted by Crippen LogP contribution is 2.28. The van der Waals surface area contributed by atoms with Crippen LogP contribution >= 0.6 is 0 Å². The molecule has 0 spiro atoms. The maximum Gasteiger partial charge on any atom is 0.273 e. The van der Waals surface area contributed by atoms with Crippen molar-refractivity contribution in [2.75, 3.05) is 13.1 Å². The molecule has 1 unspecified atom stereocenters. The number of rotatable bonds is 4. The standard InChI is InChI=1S/C14H21N3O4S/c1-10-4-5-11(8-12(10)17(18)19)22(20,21)16-13-6-7-15-9-14(13,2)3/h4-5,8,13,15-16H,6-7,9H2,1-3H3. The number of piperidine rings is 1. The second-order valence-electron chi connectivity index (χ2n) is 6.33. The smallest absolute Gasteiger partial charge is 0.273 e. The minimum Gasteiger partial charge on any atom is -0.316 e. The van der Waals surface area contributed by atoms with E-state index in [1.807, 2.05) is 13.8 Å². The number of hydrogen-bond donors (Lipinski definition) is 2. The van der Waals surface area contributed by atoms with E-state index >= 15 is 0 Å². The second kappa shape index (κ2) is 5.94. The van der Waals surface area contributed by atoms with Gasteiger partial charge in [0.25, 0.3) is 5.69 Å². The Bertz CT molecular complexity index is 685. The molecule has 0 aromatic heterocycles. The Morgan fingerprint density at radius 2 is 2.09 bits per heavy atom. The zero-order chi connectivity index (χ0) is 16.5. The summed E-state index contributed by atoms with van der Waals surface area (Å²) in [5.41, 5.74) is 0.0284. The highest BCUT2D eigenvalue weighted by molar-refractivity contribution is 7.89. The van der Waals surface area contributed by atoms with Gasteiger partial charge in [0.1, 0.15) is 0 Å². The summed E-state index contributed by atoms with van der Waals surface area (Å²) in [7, 11) is -3.79. The van der Waals surface area contributed by atoms with Crippen LogP contribution in [0.5, 0.6) is 0 Å². The van der Waals surface area contributed by atoms with Crippen LogP contribution < -0.4 is 10.0 Å². The Labute approximate surface area is 130 Å². The molecule has 8 heteroatoms. The Morgan fingerprint density at radius 1 is 1.41 bits per heavy atom. The summed E-state index contributed by atoms with van der Waals surface area (Å²) in [5, 5.41) is 14.2. The first-order valence-corrected chi connectivity index (χ1v) is 8.60. The molecule has 1 aliphatic rings. The predicted molar refractivity (Wildman–Crippen MR) is 83.2 cm³/mol. The molecule has 1 heterocycles. The van der Waals surface area contributed by atoms with Gasteiger partial charge in [-0.05, 0) is 31.4 Å². The average molecular weight is 327 g/mol. The van der Waals surface area contributed by atoms with Crippen LogP contribution in [-0.4, -0.2) is 32.5 Å². The molecule has 122 valence electrons. The van der Waals surface area contributed by atoms with E-state index in [4.69, 9.17) is 0 Å². The van der Waals surface area contributed by atoms with Crippen molar-refractivity contribution >= 4 is 15.7 Å². The van der Waals surface area contributed by atoms with Gasteiger partial charge in [0, 0.05) is 24.2 Å². The monoisotopic (exact) mass is 327 g/mol. The lowest BCUT2D eigenvalue weighted by atomic mass is 9.81. The normalized spacial score (nSPS) is 21.5. The van der Waals surface area contributed by atoms with E-state index in [9.17, 15) is 18.5 Å². The van der Waals surface area contributed by atoms with Gasteiger partial charge in [-0.15, -0.1) is 0 Å². The first-order chi connectivity index (χ1) is 10.1. The lowest BCUT2D eigenvalue weighted by Crippen LogP contribution is -2.54. The van der Waals surface area contributed by atoms with Crippen molar-refractivity contribution in [1.82, 2.24) is 10.0 Å². The molecule has 22 heavy (non-hydrogen) atoms. The van der Waals surface area contributed by atoms with E-state index in [2.05, 4.69) is 10.0 Å². The second-order valence-corrected chi connectivity index (χ2v) is 8.05. The zero-order valence-electron chi connectivity index (χ0n) is 12.9. The lowest BCUT2D eigenvalue weighted by Gasteiger charge is -2.39. The minimum atomic E-state index is -3.79. The van der Waals surface area contributed by atoms with Gasteiger partial charge >= 0.3 is 0 Å². The van der Waals surface area contributed by atoms with Crippen molar-refractivity contribution in [2.24, 2.45) is 5.41 Å². The number of aryl methyl sites for hydroxylation is 1. The van der Waals surface area contributed by atoms with Crippen molar-refractivity contribution in [3.8, 4) is 0 Å². The van der Waals surface area contributed by atoms with Crippen LogP contribution in [0, 0.1) is 22.5 Å². The lowest BCUT2D eigenvalue weighted by molar-refractivity contribution is -0.385. The highest BCUT2D eigenvalue weighted by atomic mass is 32.2. The van der Waals surface area contributed by atoms with Crippen LogP contribution in [0.25, 0.3) is 0 Å². The van der Waals surface area contributed by atoms with Gasteiger partial charge in [0.05, 0.1) is 9.82 Å². The third-order valence-electron chi connectivity index (χ3n) is 4.12. The molecule has 0 bridgehead atoms. The van der Waals surface area contributed by atoms with E-state index in [1.54, 1.807) is 6.92 Å². The summed E-state index contributed by atoms with van der Waals surface area (Å²) in [5.74, 6) is 0. The number of nitrogens with zero attached hydrogens (tertiary/aromatic N) is 1. The summed E-state index contributed by atoms with van der Waals surface area (Å²) in [6.45, 7) is 7.02. The van der Waals surface area contributed by atoms with Crippen molar-refractivity contribution in [3.05, 3.63) is 33.9 Å². The molecule has 0 radical (unpaired) electrons. The minimum absolute atomic E-state index is 0.0702. The number of sulfonamides is 1. The maximum atomic E-state index is 12.5. The van der Waals surface area contributed by atoms with Crippen molar-refractivity contribution in [3.63, 3.8) is 0 Å². The van der Waals surface area contributed by atoms with E-state index in [-0.39, 0.29) is 22.0 Å². The first kappa shape index (κ1) is 16.9. The van der Waals surface area contributed by atoms with E-state index < -0.39 is 14.9 Å². The number of nitro groups is 1. The average Bonchev–Trinajstić information content (AvgIpc) is 2.41. The van der Waals surface area contributed by atoms with Crippen LogP contribution in [-0.2, 0) is 10.0 Å². The number of benzene rings is 1. The van der Waals surface area contributed by atoms with Crippen LogP contribution in [0.1, 0.15) is 25.8 Å². The molecule has 1 atom stereocenters. The fraction of sp³-hybridized carbons (Fsp3) is 0.571. The SMILES string of the molecule is Cc1ccc(S(=O)(=O)NC2CCNCC2(C)C)cc1[N+](=O)[O-]. The fourth-order valence-electron chi connectivity index (χ4n) is 2.60. The van der Waals surface area contributed by atoms with Gasteiger partial charge < -0.3 is 5.32 Å². The predicted octanol–water partition coefficient (Wildman–Crippen LogP) is 1.57. The van der Waals surface area contributed by atoms with Crippen LogP contribution in [0.3, 0.4) is 0 Å². The summed E-state index contributed by atoms with van der Waals surface area (Å²) < 4.78 is 27.7. The third-order valence-corrected chi connectivity index (χ3v) is 5.59. The molecule has 1 saturated heterocycles. The van der Waals surface area contributed by atoms with Crippen LogP contribution in [0.2, 0.25) is 0 Å². The Hall–Kier alpha value is -1.51. The van der Waals surface area contributed by atoms with Crippen LogP contribution in [0.4, 0.5) is 5.69 Å². The summed E-state index contributed by atoms with van der Waals surface area (Å²) in [4.78, 5) is 10.3. The van der Waals surface area contributed by atoms with Crippen molar-refractivity contribution in [2.45, 2.75) is 38.1 Å². The number of hydrogen-bond acceptors (Lipinski definition) is 5. The van der Waals surface area contributed by atoms with E-state index in [0.29, 0.717) is 18.5 Å². The molecule has 1 aromatic carbocycles. The van der Waals surface area contributed by atoms with Crippen LogP contribution in [0.15, 0.2) is 23.1 Å². The molecular weight excluding hydrogens is 306 g/mol. The molecule has 2 rings (SSSR count). The first-order valence-electron chi connectivity index (χ1n) is 7.11. The molecule has 1 fully saturated rings. The largest absolute Gasteiger partial charge is 0.316 e. The molecule has 0 amide bonds. The third kappa shape index (κ3) is 3.45. The Balaban J connectivity index is 2.31. The van der Waals surface area contributed by atoms with Gasteiger partial charge in [-0.1, -0.05) is 19.9 Å². The summed E-state index contributed by atoms with van der Waals surface area (Å²) in [6.07, 6.45) is 0.681. The molecule has 0 saturated carbocycles. The zero-order valence-corrected chi connectivity index (χ0v) is 13.7. The summed E-state index contributed by atoms with van der Waals surface area (Å²) >= 11 is 0. The topological polar surface area (TPSA) is 101 Å². The quantitative estimate of drug-likeness (QED) is 0.645. The van der Waals surface area contributed by atoms with Crippen molar-refractivity contribution in [1.29, 1.82) is 0 Å². The van der Waals surface area contributed by atoms with Gasteiger partial charge in [-0.3, -0.25) is 10.1 Å². The molecule has 1 aliphatic heterocycles. The number of nitrogens with one attached hydrogen (secondary N) is 2. The molecule has 7 nitrogen and oxygen atoms in total. The van der Waals surface area contributed by atoms with Crippen molar-refractivity contribution < 1.29 is 13.3 Å². The van der Waals surface area contributed by atoms with E-state index in [1.165, 1.54) is 12.1 Å². The van der Waals surface area contributed by atoms with Gasteiger partial charge in [-0.25, -0.2) is 13.1 Å². The summed E-state index contributed by atoms with van der Waals surface area (Å²) in [6, 6.07) is 3.77. The maximum absolute atomic E-state index is 12.5. The van der Waals surface area contributed by atoms with Gasteiger partial charge in [-0.2, -0.15) is 0 Å². The molecule has 1 aromatic rings. The van der Waals surface area contributed by atoms with Gasteiger partial charge in [0.2, 0.25) is 10.0 Å². The Kier molecular flexibility index (Phi) is 4.55. The highest BCUT2D eigenvalue weighted by Gasteiger charge is 2.35. The Morgan fingerprint density at radius 3 is 2.68 bits per heavy atom.